The largest absolute Gasteiger partial charge is 0.478 e. The average Bonchev–Trinajstić information content (AvgIpc) is 3.58. The average molecular weight is 536 g/mol. The second-order valence-electron chi connectivity index (χ2n) is 11.8. The third kappa shape index (κ3) is 6.06. The molecule has 2 saturated carbocycles. The molecule has 0 unspecified atom stereocenters. The minimum Gasteiger partial charge on any atom is -0.478 e. The zero-order valence-corrected chi connectivity index (χ0v) is 22.8. The van der Waals surface area contributed by atoms with Crippen LogP contribution in [-0.4, -0.2) is 63.2 Å². The Morgan fingerprint density at radius 1 is 0.949 bits per heavy atom. The fourth-order valence-corrected chi connectivity index (χ4v) is 7.46. The highest BCUT2D eigenvalue weighted by atomic mass is 16.4. The first-order valence-electron chi connectivity index (χ1n) is 14.6. The van der Waals surface area contributed by atoms with Crippen molar-refractivity contribution in [3.63, 3.8) is 0 Å². The third-order valence-corrected chi connectivity index (χ3v) is 9.28. The molecule has 6 rings (SSSR count). The van der Waals surface area contributed by atoms with E-state index in [1.54, 1.807) is 0 Å². The van der Waals surface area contributed by atoms with Crippen LogP contribution in [-0.2, 0) is 20.8 Å². The first kappa shape index (κ1) is 27.4. The second kappa shape index (κ2) is 11.9. The molecule has 39 heavy (non-hydrogen) atoms. The monoisotopic (exact) mass is 535 g/mol. The molecule has 210 valence electrons. The second-order valence-corrected chi connectivity index (χ2v) is 11.8. The predicted molar refractivity (Wildman–Crippen MR) is 150 cm³/mol. The van der Waals surface area contributed by atoms with E-state index < -0.39 is 11.9 Å². The van der Waals surface area contributed by atoms with Gasteiger partial charge in [0.1, 0.15) is 0 Å². The fourth-order valence-electron chi connectivity index (χ4n) is 7.46. The zero-order chi connectivity index (χ0) is 27.5. The molecule has 8 heteroatoms. The molecule has 2 aromatic rings. The standard InChI is InChI=1S/C27H37N3O.C4H4O4/c1-29-16-19(27(31)28-20-8-3-2-4-9-20)14-23-22-12-7-13-24-26(22)18(15-25(23)29)17-30(24)21-10-5-6-11-21;5-3(6)1-2-4(7)8/h7,12-13,17,19-21,23,25H,2-6,8-11,14-16H2,1H3,(H,28,31);1-2H,(H,5,6)(H,7,8)/b;2-1-/t19-,23-,25-;/m1./s1. The van der Waals surface area contributed by atoms with Gasteiger partial charge in [0.15, 0.2) is 0 Å². The number of carboxylic acids is 2. The van der Waals surface area contributed by atoms with Gasteiger partial charge in [-0.1, -0.05) is 44.2 Å². The van der Waals surface area contributed by atoms with Crippen LogP contribution in [0.2, 0.25) is 0 Å². The number of amides is 1. The molecule has 0 radical (unpaired) electrons. The Balaban J connectivity index is 0.000000339. The van der Waals surface area contributed by atoms with E-state index in [-0.39, 0.29) is 5.92 Å². The summed E-state index contributed by atoms with van der Waals surface area (Å²) in [6, 6.07) is 8.57. The summed E-state index contributed by atoms with van der Waals surface area (Å²) in [5.74, 6) is -1.63. The van der Waals surface area contributed by atoms with Gasteiger partial charge in [-0.05, 0) is 62.8 Å². The Bertz CT molecular complexity index is 1220. The molecule has 2 heterocycles. The molecule has 3 aliphatic carbocycles. The summed E-state index contributed by atoms with van der Waals surface area (Å²) in [7, 11) is 2.25. The van der Waals surface area contributed by atoms with Crippen molar-refractivity contribution in [2.75, 3.05) is 13.6 Å². The van der Waals surface area contributed by atoms with Crippen molar-refractivity contribution in [1.82, 2.24) is 14.8 Å². The van der Waals surface area contributed by atoms with Crippen LogP contribution in [0.1, 0.15) is 87.3 Å². The van der Waals surface area contributed by atoms with Crippen LogP contribution in [0.3, 0.4) is 0 Å². The highest BCUT2D eigenvalue weighted by Gasteiger charge is 2.42. The molecule has 3 atom stereocenters. The van der Waals surface area contributed by atoms with Gasteiger partial charge < -0.3 is 25.0 Å². The summed E-state index contributed by atoms with van der Waals surface area (Å²) in [6.07, 6.45) is 17.3. The summed E-state index contributed by atoms with van der Waals surface area (Å²) in [6.45, 7) is 0.897. The summed E-state index contributed by atoms with van der Waals surface area (Å²) in [5, 5.41) is 20.6. The lowest BCUT2D eigenvalue weighted by molar-refractivity contribution is -0.134. The molecule has 4 aliphatic rings. The van der Waals surface area contributed by atoms with Crippen LogP contribution in [0.25, 0.3) is 10.9 Å². The number of nitrogens with zero attached hydrogens (tertiary/aromatic N) is 2. The molecular weight excluding hydrogens is 494 g/mol. The van der Waals surface area contributed by atoms with Gasteiger partial charge in [0.05, 0.1) is 5.92 Å². The number of benzene rings is 1. The Morgan fingerprint density at radius 3 is 2.28 bits per heavy atom. The highest BCUT2D eigenvalue weighted by molar-refractivity contribution is 5.90. The third-order valence-electron chi connectivity index (χ3n) is 9.28. The fraction of sp³-hybridized carbons (Fsp3) is 0.581. The van der Waals surface area contributed by atoms with Gasteiger partial charge in [0.25, 0.3) is 0 Å². The summed E-state index contributed by atoms with van der Waals surface area (Å²) < 4.78 is 2.60. The number of hydrogen-bond acceptors (Lipinski definition) is 4. The number of aliphatic carboxylic acids is 2. The number of aromatic nitrogens is 1. The van der Waals surface area contributed by atoms with E-state index in [0.29, 0.717) is 42.1 Å². The van der Waals surface area contributed by atoms with E-state index in [9.17, 15) is 14.4 Å². The number of hydrogen-bond donors (Lipinski definition) is 3. The zero-order valence-electron chi connectivity index (χ0n) is 22.8. The number of piperidine rings is 1. The van der Waals surface area contributed by atoms with Gasteiger partial charge in [-0.2, -0.15) is 0 Å². The van der Waals surface area contributed by atoms with E-state index in [1.807, 2.05) is 0 Å². The van der Waals surface area contributed by atoms with Crippen LogP contribution in [0.15, 0.2) is 36.5 Å². The molecule has 1 amide bonds. The molecule has 1 aromatic carbocycles. The van der Waals surface area contributed by atoms with E-state index in [1.165, 1.54) is 67.0 Å². The summed E-state index contributed by atoms with van der Waals surface area (Å²) >= 11 is 0. The van der Waals surface area contributed by atoms with E-state index >= 15 is 0 Å². The van der Waals surface area contributed by atoms with Crippen molar-refractivity contribution >= 4 is 28.7 Å². The highest BCUT2D eigenvalue weighted by Crippen LogP contribution is 2.46. The van der Waals surface area contributed by atoms with Crippen LogP contribution in [0.5, 0.6) is 0 Å². The van der Waals surface area contributed by atoms with Gasteiger partial charge in [0, 0.05) is 59.8 Å². The number of carbonyl (C=O) groups is 3. The van der Waals surface area contributed by atoms with Crippen molar-refractivity contribution in [3.05, 3.63) is 47.7 Å². The number of carboxylic acid groups (broad SMARTS) is 2. The van der Waals surface area contributed by atoms with Gasteiger partial charge in [-0.25, -0.2) is 9.59 Å². The van der Waals surface area contributed by atoms with Crippen LogP contribution >= 0.6 is 0 Å². The topological polar surface area (TPSA) is 112 Å². The Hall–Kier alpha value is -3.13. The molecule has 0 bridgehead atoms. The van der Waals surface area contributed by atoms with Crippen molar-refractivity contribution in [1.29, 1.82) is 0 Å². The number of rotatable bonds is 5. The van der Waals surface area contributed by atoms with Crippen molar-refractivity contribution < 1.29 is 24.6 Å². The maximum Gasteiger partial charge on any atom is 0.328 e. The number of likely N-dealkylation sites (tertiary alicyclic amines) is 1. The molecule has 3 N–H and O–H groups in total. The van der Waals surface area contributed by atoms with Crippen molar-refractivity contribution in [3.8, 4) is 0 Å². The minimum atomic E-state index is -1.26. The lowest BCUT2D eigenvalue weighted by Gasteiger charge is -2.45. The quantitative estimate of drug-likeness (QED) is 0.471. The lowest BCUT2D eigenvalue weighted by atomic mass is 9.72. The van der Waals surface area contributed by atoms with E-state index in [2.05, 4.69) is 46.2 Å². The van der Waals surface area contributed by atoms with Gasteiger partial charge in [0.2, 0.25) is 5.91 Å². The van der Waals surface area contributed by atoms with Crippen molar-refractivity contribution in [2.24, 2.45) is 5.92 Å². The van der Waals surface area contributed by atoms with Crippen molar-refractivity contribution in [2.45, 2.75) is 94.7 Å². The summed E-state index contributed by atoms with van der Waals surface area (Å²) in [4.78, 5) is 34.8. The number of carbonyl (C=O) groups excluding carboxylic acids is 1. The molecule has 1 aliphatic heterocycles. The maximum atomic E-state index is 13.2. The lowest BCUT2D eigenvalue weighted by Crippen LogP contribution is -2.52. The maximum absolute atomic E-state index is 13.2. The molecule has 1 saturated heterocycles. The molecule has 0 spiro atoms. The summed E-state index contributed by atoms with van der Waals surface area (Å²) in [5.41, 5.74) is 4.48. The normalized spacial score (nSPS) is 25.7. The Labute approximate surface area is 230 Å². The number of fused-ring (bicyclic) bond motifs is 2. The van der Waals surface area contributed by atoms with Gasteiger partial charge in [-0.3, -0.25) is 4.79 Å². The van der Waals surface area contributed by atoms with E-state index in [0.717, 1.165) is 32.2 Å². The van der Waals surface area contributed by atoms with Gasteiger partial charge in [-0.15, -0.1) is 0 Å². The molecule has 1 aromatic heterocycles. The molecule has 3 fully saturated rings. The Morgan fingerprint density at radius 2 is 1.62 bits per heavy atom. The smallest absolute Gasteiger partial charge is 0.328 e. The molecular formula is C31H41N3O5. The number of likely N-dealkylation sites (N-methyl/N-ethyl adjacent to an activating group) is 1. The van der Waals surface area contributed by atoms with Crippen LogP contribution in [0, 0.1) is 5.92 Å². The Kier molecular flexibility index (Phi) is 8.40. The first-order chi connectivity index (χ1) is 18.8. The van der Waals surface area contributed by atoms with Gasteiger partial charge >= 0.3 is 11.9 Å². The number of nitrogens with one attached hydrogen (secondary N) is 1. The first-order valence-corrected chi connectivity index (χ1v) is 14.6. The van der Waals surface area contributed by atoms with Crippen LogP contribution in [0.4, 0.5) is 0 Å². The van der Waals surface area contributed by atoms with E-state index in [4.69, 9.17) is 10.2 Å². The minimum absolute atomic E-state index is 0.113. The SMILES string of the molecule is CN1C[C@H](C(=O)NC2CCCCC2)C[C@@H]2c3cccc4c3c(cn4C3CCCC3)C[C@H]21.O=C(O)/C=C\C(=O)O. The predicted octanol–water partition coefficient (Wildman–Crippen LogP) is 4.88. The van der Waals surface area contributed by atoms with Crippen LogP contribution < -0.4 is 5.32 Å². The molecule has 8 nitrogen and oxygen atoms in total.